The standard InChI is InChI=1S/C30H54N2O9/c1-24(33)31-23-30(4)21-25(20-29(2,3)22-30)32-28(36)41-15-11-7-9-13-27(35)40-19-17-38-16-18-39-26(34)12-8-6-10-14-37-5/h25H,6-23H2,1-5H3,(H,31,33)(H,32,36). The molecule has 41 heavy (non-hydrogen) atoms. The number of esters is 2. The van der Waals surface area contributed by atoms with Crippen LogP contribution in [0.15, 0.2) is 0 Å². The van der Waals surface area contributed by atoms with Crippen LogP contribution in [0.5, 0.6) is 0 Å². The molecule has 0 radical (unpaired) electrons. The first-order valence-electron chi connectivity index (χ1n) is 15.0. The van der Waals surface area contributed by atoms with Gasteiger partial charge in [0.05, 0.1) is 19.8 Å². The average Bonchev–Trinajstić information content (AvgIpc) is 2.87. The number of carbonyl (C=O) groups is 4. The van der Waals surface area contributed by atoms with Crippen LogP contribution in [0.2, 0.25) is 0 Å². The Labute approximate surface area is 246 Å². The van der Waals surface area contributed by atoms with Crippen molar-refractivity contribution in [2.75, 3.05) is 53.3 Å². The Morgan fingerprint density at radius 1 is 0.732 bits per heavy atom. The minimum absolute atomic E-state index is 0.0138. The van der Waals surface area contributed by atoms with Crippen molar-refractivity contribution in [2.45, 2.75) is 104 Å². The minimum Gasteiger partial charge on any atom is -0.463 e. The summed E-state index contributed by atoms with van der Waals surface area (Å²) in [7, 11) is 1.66. The molecule has 1 rings (SSSR count). The molecule has 0 spiro atoms. The zero-order chi connectivity index (χ0) is 30.6. The minimum atomic E-state index is -0.429. The Bertz CT molecular complexity index is 790. The molecule has 11 nitrogen and oxygen atoms in total. The van der Waals surface area contributed by atoms with E-state index in [1.807, 2.05) is 0 Å². The van der Waals surface area contributed by atoms with Gasteiger partial charge in [0.1, 0.15) is 13.2 Å². The van der Waals surface area contributed by atoms with E-state index >= 15 is 0 Å². The van der Waals surface area contributed by atoms with Crippen LogP contribution < -0.4 is 10.6 Å². The number of rotatable bonds is 21. The number of hydrogen-bond donors (Lipinski definition) is 2. The molecule has 0 aromatic rings. The van der Waals surface area contributed by atoms with Crippen LogP contribution in [0.25, 0.3) is 0 Å². The Morgan fingerprint density at radius 2 is 1.32 bits per heavy atom. The predicted molar refractivity (Wildman–Crippen MR) is 154 cm³/mol. The van der Waals surface area contributed by atoms with Gasteiger partial charge in [-0.15, -0.1) is 0 Å². The summed E-state index contributed by atoms with van der Waals surface area (Å²) < 4.78 is 25.9. The molecule has 0 saturated heterocycles. The van der Waals surface area contributed by atoms with Crippen LogP contribution in [0.3, 0.4) is 0 Å². The summed E-state index contributed by atoms with van der Waals surface area (Å²) in [4.78, 5) is 47.2. The molecule has 2 atom stereocenters. The summed E-state index contributed by atoms with van der Waals surface area (Å²) in [6.45, 7) is 10.4. The Morgan fingerprint density at radius 3 is 1.88 bits per heavy atom. The van der Waals surface area contributed by atoms with E-state index in [-0.39, 0.29) is 74.2 Å². The summed E-state index contributed by atoms with van der Waals surface area (Å²) in [6.07, 6.45) is 7.54. The third-order valence-corrected chi connectivity index (χ3v) is 7.00. The highest BCUT2D eigenvalue weighted by Gasteiger charge is 2.41. The molecule has 2 unspecified atom stereocenters. The third kappa shape index (κ3) is 19.4. The second-order valence-corrected chi connectivity index (χ2v) is 12.1. The molecule has 1 fully saturated rings. The quantitative estimate of drug-likeness (QED) is 0.114. The van der Waals surface area contributed by atoms with Crippen molar-refractivity contribution in [3.05, 3.63) is 0 Å². The van der Waals surface area contributed by atoms with Crippen molar-refractivity contribution in [3.63, 3.8) is 0 Å². The highest BCUT2D eigenvalue weighted by molar-refractivity contribution is 5.72. The van der Waals surface area contributed by atoms with Gasteiger partial charge >= 0.3 is 18.0 Å². The number of carbonyl (C=O) groups excluding carboxylic acids is 4. The normalized spacial score (nSPS) is 19.7. The number of amides is 2. The van der Waals surface area contributed by atoms with E-state index in [1.165, 1.54) is 6.92 Å². The lowest BCUT2D eigenvalue weighted by molar-refractivity contribution is -0.146. The summed E-state index contributed by atoms with van der Waals surface area (Å²) >= 11 is 0. The number of methoxy groups -OCH3 is 1. The van der Waals surface area contributed by atoms with Gasteiger partial charge < -0.3 is 34.3 Å². The molecule has 238 valence electrons. The van der Waals surface area contributed by atoms with E-state index in [0.717, 1.165) is 44.9 Å². The number of nitrogens with one attached hydrogen (secondary N) is 2. The van der Waals surface area contributed by atoms with E-state index < -0.39 is 6.09 Å². The fourth-order valence-corrected chi connectivity index (χ4v) is 5.50. The maximum atomic E-state index is 12.3. The zero-order valence-electron chi connectivity index (χ0n) is 26.0. The maximum absolute atomic E-state index is 12.3. The predicted octanol–water partition coefficient (Wildman–Crippen LogP) is 4.30. The molecular weight excluding hydrogens is 532 g/mol. The zero-order valence-corrected chi connectivity index (χ0v) is 26.0. The average molecular weight is 587 g/mol. The topological polar surface area (TPSA) is 138 Å². The molecular formula is C30H54N2O9. The number of ether oxygens (including phenoxy) is 5. The van der Waals surface area contributed by atoms with Gasteiger partial charge in [-0.3, -0.25) is 14.4 Å². The number of hydrogen-bond acceptors (Lipinski definition) is 9. The van der Waals surface area contributed by atoms with Crippen molar-refractivity contribution in [3.8, 4) is 0 Å². The molecule has 2 amide bonds. The van der Waals surface area contributed by atoms with Crippen LogP contribution >= 0.6 is 0 Å². The number of alkyl carbamates (subject to hydrolysis) is 1. The monoisotopic (exact) mass is 586 g/mol. The second kappa shape index (κ2) is 20.5. The molecule has 0 bridgehead atoms. The molecule has 1 aliphatic carbocycles. The molecule has 0 aliphatic heterocycles. The molecule has 2 N–H and O–H groups in total. The highest BCUT2D eigenvalue weighted by Crippen LogP contribution is 2.45. The SMILES string of the molecule is COCCCCCC(=O)OCCOCCOC(=O)CCCCCOC(=O)NC1CC(C)(C)CC(C)(CNC(C)=O)C1. The van der Waals surface area contributed by atoms with Crippen LogP contribution in [0.1, 0.15) is 98.3 Å². The van der Waals surface area contributed by atoms with Gasteiger partial charge in [0.25, 0.3) is 0 Å². The van der Waals surface area contributed by atoms with Gasteiger partial charge in [-0.25, -0.2) is 4.79 Å². The van der Waals surface area contributed by atoms with Crippen molar-refractivity contribution < 1.29 is 42.9 Å². The van der Waals surface area contributed by atoms with Crippen LogP contribution in [0.4, 0.5) is 4.79 Å². The van der Waals surface area contributed by atoms with E-state index in [0.29, 0.717) is 32.4 Å². The van der Waals surface area contributed by atoms with E-state index in [2.05, 4.69) is 31.4 Å². The highest BCUT2D eigenvalue weighted by atomic mass is 16.6. The van der Waals surface area contributed by atoms with E-state index in [1.54, 1.807) is 7.11 Å². The molecule has 0 aromatic carbocycles. The lowest BCUT2D eigenvalue weighted by atomic mass is 9.62. The lowest BCUT2D eigenvalue weighted by Crippen LogP contribution is -2.50. The summed E-state index contributed by atoms with van der Waals surface area (Å²) in [5.41, 5.74) is -0.0477. The van der Waals surface area contributed by atoms with Gasteiger partial charge in [0.2, 0.25) is 5.91 Å². The molecule has 0 heterocycles. The van der Waals surface area contributed by atoms with Crippen molar-refractivity contribution in [2.24, 2.45) is 10.8 Å². The van der Waals surface area contributed by atoms with Crippen LogP contribution in [0, 0.1) is 10.8 Å². The molecule has 1 saturated carbocycles. The summed E-state index contributed by atoms with van der Waals surface area (Å²) in [6, 6.07) is -0.0138. The first-order chi connectivity index (χ1) is 19.4. The van der Waals surface area contributed by atoms with Crippen molar-refractivity contribution in [1.82, 2.24) is 10.6 Å². The third-order valence-electron chi connectivity index (χ3n) is 7.00. The van der Waals surface area contributed by atoms with E-state index in [4.69, 9.17) is 23.7 Å². The van der Waals surface area contributed by atoms with Gasteiger partial charge in [0, 0.05) is 46.1 Å². The molecule has 1 aliphatic rings. The Balaban J connectivity index is 2.03. The van der Waals surface area contributed by atoms with Crippen LogP contribution in [-0.2, 0) is 38.1 Å². The molecule has 0 aromatic heterocycles. The van der Waals surface area contributed by atoms with Gasteiger partial charge in [-0.05, 0) is 62.2 Å². The smallest absolute Gasteiger partial charge is 0.407 e. The van der Waals surface area contributed by atoms with Gasteiger partial charge in [-0.2, -0.15) is 0 Å². The fourth-order valence-electron chi connectivity index (χ4n) is 5.50. The largest absolute Gasteiger partial charge is 0.463 e. The van der Waals surface area contributed by atoms with Crippen molar-refractivity contribution >= 4 is 23.9 Å². The Kier molecular flexibility index (Phi) is 18.3. The van der Waals surface area contributed by atoms with Crippen LogP contribution in [-0.4, -0.2) is 83.3 Å². The second-order valence-electron chi connectivity index (χ2n) is 12.1. The summed E-state index contributed by atoms with van der Waals surface area (Å²) in [5.74, 6) is -0.582. The Hall–Kier alpha value is -2.40. The maximum Gasteiger partial charge on any atom is 0.407 e. The summed E-state index contributed by atoms with van der Waals surface area (Å²) in [5, 5.41) is 5.92. The van der Waals surface area contributed by atoms with E-state index in [9.17, 15) is 19.2 Å². The number of unbranched alkanes of at least 4 members (excludes halogenated alkanes) is 4. The molecule has 11 heteroatoms. The van der Waals surface area contributed by atoms with Gasteiger partial charge in [0.15, 0.2) is 0 Å². The fraction of sp³-hybridized carbons (Fsp3) is 0.867. The van der Waals surface area contributed by atoms with Crippen molar-refractivity contribution in [1.29, 1.82) is 0 Å². The van der Waals surface area contributed by atoms with Gasteiger partial charge in [-0.1, -0.05) is 27.2 Å². The first-order valence-corrected chi connectivity index (χ1v) is 15.0. The first kappa shape index (κ1) is 36.6. The lowest BCUT2D eigenvalue weighted by Gasteiger charge is -2.46.